The molecule has 2 amide bonds. The van der Waals surface area contributed by atoms with Gasteiger partial charge in [-0.2, -0.15) is 0 Å². The van der Waals surface area contributed by atoms with E-state index in [-0.39, 0.29) is 18.9 Å². The molecule has 2 unspecified atom stereocenters. The quantitative estimate of drug-likeness (QED) is 0.393. The van der Waals surface area contributed by atoms with Crippen LogP contribution in [0.25, 0.3) is 0 Å². The number of carboxylic acids is 1. The second-order valence-corrected chi connectivity index (χ2v) is 5.69. The van der Waals surface area contributed by atoms with E-state index >= 15 is 0 Å². The summed E-state index contributed by atoms with van der Waals surface area (Å²) in [6.45, 7) is 3.55. The molecule has 1 heterocycles. The van der Waals surface area contributed by atoms with Crippen molar-refractivity contribution in [1.82, 2.24) is 20.6 Å². The highest BCUT2D eigenvalue weighted by atomic mass is 16.4. The number of hydrogen-bond acceptors (Lipinski definition) is 5. The Bertz CT molecular complexity index is 529. The molecule has 0 spiro atoms. The molecule has 0 aromatic carbocycles. The molecule has 128 valence electrons. The Hall–Kier alpha value is -2.42. The van der Waals surface area contributed by atoms with Crippen molar-refractivity contribution in [3.63, 3.8) is 0 Å². The predicted molar refractivity (Wildman–Crippen MR) is 82.3 cm³/mol. The molecular formula is C14H23N5O4. The number of aliphatic carboxylic acids is 1. The molecule has 9 nitrogen and oxygen atoms in total. The maximum absolute atomic E-state index is 11.8. The fraction of sp³-hybridized carbons (Fsp3) is 0.571. The number of hydrogen-bond donors (Lipinski definition) is 5. The largest absolute Gasteiger partial charge is 0.480 e. The number of aromatic amines is 1. The molecule has 0 aliphatic carbocycles. The van der Waals surface area contributed by atoms with Crippen LogP contribution in [0.1, 0.15) is 26.0 Å². The van der Waals surface area contributed by atoms with E-state index in [4.69, 9.17) is 10.8 Å². The van der Waals surface area contributed by atoms with Crippen molar-refractivity contribution >= 4 is 17.8 Å². The number of rotatable bonds is 9. The van der Waals surface area contributed by atoms with E-state index < -0.39 is 29.9 Å². The molecule has 0 aliphatic rings. The molecule has 9 heteroatoms. The molecular weight excluding hydrogens is 302 g/mol. The van der Waals surface area contributed by atoms with Crippen LogP contribution in [0.2, 0.25) is 0 Å². The van der Waals surface area contributed by atoms with Crippen LogP contribution in [0.4, 0.5) is 0 Å². The van der Waals surface area contributed by atoms with Crippen molar-refractivity contribution in [1.29, 1.82) is 0 Å². The lowest BCUT2D eigenvalue weighted by atomic mass is 10.0. The van der Waals surface area contributed by atoms with E-state index in [1.807, 2.05) is 13.8 Å². The van der Waals surface area contributed by atoms with Crippen LogP contribution in [0, 0.1) is 5.92 Å². The Balaban J connectivity index is 2.44. The number of carbonyl (C=O) groups is 3. The third-order valence-corrected chi connectivity index (χ3v) is 3.10. The Morgan fingerprint density at radius 2 is 2.09 bits per heavy atom. The summed E-state index contributed by atoms with van der Waals surface area (Å²) in [5, 5.41) is 13.9. The Morgan fingerprint density at radius 1 is 1.39 bits per heavy atom. The molecule has 0 radical (unpaired) electrons. The zero-order chi connectivity index (χ0) is 17.4. The fourth-order valence-electron chi connectivity index (χ4n) is 1.98. The van der Waals surface area contributed by atoms with Crippen molar-refractivity contribution in [2.45, 2.75) is 38.8 Å². The number of aromatic nitrogens is 2. The Labute approximate surface area is 134 Å². The van der Waals surface area contributed by atoms with Crippen LogP contribution < -0.4 is 16.4 Å². The van der Waals surface area contributed by atoms with Crippen LogP contribution in [0.3, 0.4) is 0 Å². The van der Waals surface area contributed by atoms with Crippen LogP contribution in [0.15, 0.2) is 12.5 Å². The average Bonchev–Trinajstić information content (AvgIpc) is 2.96. The summed E-state index contributed by atoms with van der Waals surface area (Å²) in [7, 11) is 0. The van der Waals surface area contributed by atoms with Gasteiger partial charge in [0.1, 0.15) is 6.04 Å². The molecule has 0 fully saturated rings. The number of H-pyrrole nitrogens is 1. The van der Waals surface area contributed by atoms with Gasteiger partial charge in [0.15, 0.2) is 0 Å². The van der Waals surface area contributed by atoms with Crippen molar-refractivity contribution in [3.8, 4) is 0 Å². The third kappa shape index (κ3) is 6.92. The fourth-order valence-corrected chi connectivity index (χ4v) is 1.98. The van der Waals surface area contributed by atoms with Gasteiger partial charge in [0.05, 0.1) is 18.9 Å². The molecule has 0 bridgehead atoms. The second-order valence-electron chi connectivity index (χ2n) is 5.69. The summed E-state index contributed by atoms with van der Waals surface area (Å²) in [5.41, 5.74) is 6.28. The first-order chi connectivity index (χ1) is 10.8. The lowest BCUT2D eigenvalue weighted by Crippen LogP contribution is -2.49. The van der Waals surface area contributed by atoms with Crippen molar-refractivity contribution in [2.75, 3.05) is 6.54 Å². The van der Waals surface area contributed by atoms with E-state index in [1.165, 1.54) is 12.5 Å². The van der Waals surface area contributed by atoms with Gasteiger partial charge in [0.25, 0.3) is 0 Å². The molecule has 0 saturated heterocycles. The number of amides is 2. The van der Waals surface area contributed by atoms with Gasteiger partial charge in [-0.05, 0) is 12.3 Å². The van der Waals surface area contributed by atoms with E-state index in [1.54, 1.807) is 0 Å². The summed E-state index contributed by atoms with van der Waals surface area (Å²) in [5.74, 6) is -1.94. The molecule has 1 aromatic rings. The van der Waals surface area contributed by atoms with E-state index in [0.717, 1.165) is 0 Å². The Kier molecular flexibility index (Phi) is 7.20. The smallest absolute Gasteiger partial charge is 0.326 e. The van der Waals surface area contributed by atoms with Gasteiger partial charge in [-0.25, -0.2) is 9.78 Å². The number of imidazole rings is 1. The highest BCUT2D eigenvalue weighted by molar-refractivity contribution is 5.89. The van der Waals surface area contributed by atoms with E-state index in [0.29, 0.717) is 12.1 Å². The topological polar surface area (TPSA) is 150 Å². The standard InChI is InChI=1S/C14H23N5O4/c1-8(2)3-10(15)13(21)17-6-12(20)19-11(14(22)23)4-9-5-16-7-18-9/h5,7-8,10-11H,3-4,6,15H2,1-2H3,(H,16,18)(H,17,21)(H,19,20)(H,22,23). The minimum atomic E-state index is -1.17. The van der Waals surface area contributed by atoms with Crippen molar-refractivity contribution in [2.24, 2.45) is 11.7 Å². The first kappa shape index (κ1) is 18.6. The normalized spacial score (nSPS) is 13.4. The minimum Gasteiger partial charge on any atom is -0.480 e. The van der Waals surface area contributed by atoms with Gasteiger partial charge in [-0.3, -0.25) is 9.59 Å². The SMILES string of the molecule is CC(C)CC(N)C(=O)NCC(=O)NC(Cc1cnc[nH]1)C(=O)O. The molecule has 6 N–H and O–H groups in total. The first-order valence-electron chi connectivity index (χ1n) is 7.32. The second kappa shape index (κ2) is 8.89. The maximum atomic E-state index is 11.8. The van der Waals surface area contributed by atoms with Gasteiger partial charge in [0.2, 0.25) is 11.8 Å². The Morgan fingerprint density at radius 3 is 2.61 bits per heavy atom. The average molecular weight is 325 g/mol. The zero-order valence-electron chi connectivity index (χ0n) is 13.2. The molecule has 23 heavy (non-hydrogen) atoms. The molecule has 2 atom stereocenters. The van der Waals surface area contributed by atoms with Crippen LogP contribution in [0.5, 0.6) is 0 Å². The summed E-state index contributed by atoms with van der Waals surface area (Å²) >= 11 is 0. The van der Waals surface area contributed by atoms with Gasteiger partial charge < -0.3 is 26.5 Å². The molecule has 1 aromatic heterocycles. The van der Waals surface area contributed by atoms with E-state index in [9.17, 15) is 14.4 Å². The summed E-state index contributed by atoms with van der Waals surface area (Å²) in [4.78, 5) is 41.2. The number of nitrogens with one attached hydrogen (secondary N) is 3. The molecule has 1 rings (SSSR count). The lowest BCUT2D eigenvalue weighted by Gasteiger charge is -2.16. The first-order valence-corrected chi connectivity index (χ1v) is 7.32. The van der Waals surface area contributed by atoms with Crippen molar-refractivity contribution < 1.29 is 19.5 Å². The van der Waals surface area contributed by atoms with Gasteiger partial charge >= 0.3 is 5.97 Å². The predicted octanol–water partition coefficient (Wildman–Crippen LogP) is -0.989. The molecule has 0 saturated carbocycles. The number of carboxylic acid groups (broad SMARTS) is 1. The lowest BCUT2D eigenvalue weighted by molar-refractivity contribution is -0.141. The van der Waals surface area contributed by atoms with Gasteiger partial charge in [-0.15, -0.1) is 0 Å². The third-order valence-electron chi connectivity index (χ3n) is 3.10. The summed E-state index contributed by atoms with van der Waals surface area (Å²) in [6.07, 6.45) is 3.48. The van der Waals surface area contributed by atoms with Gasteiger partial charge in [-0.1, -0.05) is 13.8 Å². The highest BCUT2D eigenvalue weighted by Gasteiger charge is 2.22. The number of carbonyl (C=O) groups excluding carboxylic acids is 2. The summed E-state index contributed by atoms with van der Waals surface area (Å²) in [6, 6.07) is -1.80. The van der Waals surface area contributed by atoms with Crippen molar-refractivity contribution in [3.05, 3.63) is 18.2 Å². The van der Waals surface area contributed by atoms with E-state index in [2.05, 4.69) is 20.6 Å². The van der Waals surface area contributed by atoms with Crippen LogP contribution >= 0.6 is 0 Å². The minimum absolute atomic E-state index is 0.0713. The molecule has 0 aliphatic heterocycles. The number of nitrogens with zero attached hydrogens (tertiary/aromatic N) is 1. The van der Waals surface area contributed by atoms with Crippen LogP contribution in [-0.2, 0) is 20.8 Å². The van der Waals surface area contributed by atoms with Gasteiger partial charge in [0, 0.05) is 18.3 Å². The number of nitrogens with two attached hydrogens (primary N) is 1. The maximum Gasteiger partial charge on any atom is 0.326 e. The summed E-state index contributed by atoms with van der Waals surface area (Å²) < 4.78 is 0. The van der Waals surface area contributed by atoms with Crippen LogP contribution in [-0.4, -0.2) is 51.5 Å². The zero-order valence-corrected chi connectivity index (χ0v) is 13.2. The highest BCUT2D eigenvalue weighted by Crippen LogP contribution is 2.02. The monoisotopic (exact) mass is 325 g/mol.